The van der Waals surface area contributed by atoms with Gasteiger partial charge in [-0.3, -0.25) is 0 Å². The van der Waals surface area contributed by atoms with Gasteiger partial charge in [-0.25, -0.2) is 0 Å². The van der Waals surface area contributed by atoms with Gasteiger partial charge in [0.1, 0.15) is 0 Å². The van der Waals surface area contributed by atoms with Gasteiger partial charge in [0, 0.05) is 13.1 Å². The molecule has 3 rings (SSSR count). The van der Waals surface area contributed by atoms with Crippen LogP contribution in [0.15, 0.2) is 18.2 Å². The van der Waals surface area contributed by atoms with Crippen LogP contribution in [-0.2, 0) is 13.0 Å². The molecule has 0 saturated carbocycles. The largest absolute Gasteiger partial charge is 0.312 e. The molecular weight excluding hydrogens is 196 g/mol. The Balaban J connectivity index is 1.85. The van der Waals surface area contributed by atoms with Crippen molar-refractivity contribution < 1.29 is 0 Å². The van der Waals surface area contributed by atoms with E-state index >= 15 is 0 Å². The first-order valence-electron chi connectivity index (χ1n) is 6.34. The van der Waals surface area contributed by atoms with Gasteiger partial charge in [0.25, 0.3) is 0 Å². The molecule has 1 fully saturated rings. The lowest BCUT2D eigenvalue weighted by molar-refractivity contribution is 0.411. The summed E-state index contributed by atoms with van der Waals surface area (Å²) in [5.41, 5.74) is 4.64. The number of hydrogen-bond donors (Lipinski definition) is 1. The average Bonchev–Trinajstić information content (AvgIpc) is 2.75. The van der Waals surface area contributed by atoms with Gasteiger partial charge in [-0.05, 0) is 55.6 Å². The van der Waals surface area contributed by atoms with Crippen molar-refractivity contribution in [1.82, 2.24) is 10.2 Å². The number of fused-ring (bicyclic) bond motifs is 1. The molecule has 86 valence electrons. The zero-order valence-corrected chi connectivity index (χ0v) is 10.00. The minimum atomic E-state index is 0.769. The third kappa shape index (κ3) is 1.87. The zero-order chi connectivity index (χ0) is 11.0. The molecule has 0 aliphatic carbocycles. The smallest absolute Gasteiger partial charge is 0.0208 e. The van der Waals surface area contributed by atoms with E-state index in [1.165, 1.54) is 31.5 Å². The Hall–Kier alpha value is -0.860. The van der Waals surface area contributed by atoms with Gasteiger partial charge in [0.15, 0.2) is 0 Å². The van der Waals surface area contributed by atoms with Gasteiger partial charge >= 0.3 is 0 Å². The molecule has 0 amide bonds. The fraction of sp³-hybridized carbons (Fsp3) is 0.571. The maximum atomic E-state index is 3.43. The van der Waals surface area contributed by atoms with Crippen molar-refractivity contribution in [3.05, 3.63) is 34.9 Å². The van der Waals surface area contributed by atoms with Crippen LogP contribution in [0.1, 0.15) is 29.0 Å². The van der Waals surface area contributed by atoms with Gasteiger partial charge in [0.05, 0.1) is 0 Å². The average molecular weight is 216 g/mol. The maximum Gasteiger partial charge on any atom is 0.0208 e. The lowest BCUT2D eigenvalue weighted by atomic mass is 9.92. The molecule has 0 spiro atoms. The third-order valence-corrected chi connectivity index (χ3v) is 3.98. The Morgan fingerprint density at radius 1 is 1.31 bits per heavy atom. The van der Waals surface area contributed by atoms with E-state index in [2.05, 4.69) is 35.5 Å². The third-order valence-electron chi connectivity index (χ3n) is 3.98. The van der Waals surface area contributed by atoms with Crippen molar-refractivity contribution >= 4 is 0 Å². The Labute approximate surface area is 97.6 Å². The summed E-state index contributed by atoms with van der Waals surface area (Å²) in [5.74, 6) is 0.769. The summed E-state index contributed by atoms with van der Waals surface area (Å²) in [7, 11) is 2.22. The number of hydrogen-bond acceptors (Lipinski definition) is 2. The van der Waals surface area contributed by atoms with Gasteiger partial charge < -0.3 is 10.2 Å². The zero-order valence-electron chi connectivity index (χ0n) is 10.00. The standard InChI is InChI=1S/C14H20N2/c1-16-7-5-14(10-16)11-2-3-13-9-15-6-4-12(13)8-11/h2-3,8,14-15H,4-7,9-10H2,1H3. The fourth-order valence-electron chi connectivity index (χ4n) is 2.96. The Morgan fingerprint density at radius 3 is 3.06 bits per heavy atom. The monoisotopic (exact) mass is 216 g/mol. The minimum absolute atomic E-state index is 0.769. The summed E-state index contributed by atoms with van der Waals surface area (Å²) in [5, 5.41) is 3.43. The molecule has 1 saturated heterocycles. The first-order chi connectivity index (χ1) is 7.83. The molecule has 1 atom stereocenters. The first-order valence-corrected chi connectivity index (χ1v) is 6.34. The molecule has 2 aliphatic heterocycles. The second-order valence-electron chi connectivity index (χ2n) is 5.20. The van der Waals surface area contributed by atoms with E-state index in [0.29, 0.717) is 0 Å². The molecule has 2 heteroatoms. The number of benzene rings is 1. The lowest BCUT2D eigenvalue weighted by Crippen LogP contribution is -2.23. The SMILES string of the molecule is CN1CCC(c2ccc3c(c2)CCNC3)C1. The molecule has 2 aliphatic rings. The van der Waals surface area contributed by atoms with Gasteiger partial charge in [-0.2, -0.15) is 0 Å². The van der Waals surface area contributed by atoms with Crippen LogP contribution in [0.25, 0.3) is 0 Å². The van der Waals surface area contributed by atoms with Crippen LogP contribution in [0.5, 0.6) is 0 Å². The summed E-state index contributed by atoms with van der Waals surface area (Å²) < 4.78 is 0. The molecule has 1 aromatic carbocycles. The van der Waals surface area contributed by atoms with E-state index in [4.69, 9.17) is 0 Å². The molecule has 16 heavy (non-hydrogen) atoms. The van der Waals surface area contributed by atoms with Crippen LogP contribution in [0.2, 0.25) is 0 Å². The minimum Gasteiger partial charge on any atom is -0.312 e. The predicted octanol–water partition coefficient (Wildman–Crippen LogP) is 1.75. The summed E-state index contributed by atoms with van der Waals surface area (Å²) >= 11 is 0. The summed E-state index contributed by atoms with van der Waals surface area (Å²) in [6, 6.07) is 7.13. The highest BCUT2D eigenvalue weighted by Crippen LogP contribution is 2.28. The summed E-state index contributed by atoms with van der Waals surface area (Å²) in [6.45, 7) is 4.68. The van der Waals surface area contributed by atoms with Crippen molar-refractivity contribution in [3.8, 4) is 0 Å². The van der Waals surface area contributed by atoms with Crippen LogP contribution >= 0.6 is 0 Å². The molecule has 0 aromatic heterocycles. The number of nitrogens with one attached hydrogen (secondary N) is 1. The van der Waals surface area contributed by atoms with Gasteiger partial charge in [-0.15, -0.1) is 0 Å². The second-order valence-corrected chi connectivity index (χ2v) is 5.20. The highest BCUT2D eigenvalue weighted by molar-refractivity contribution is 5.35. The molecule has 2 heterocycles. The molecule has 0 bridgehead atoms. The van der Waals surface area contributed by atoms with E-state index in [1.807, 2.05) is 0 Å². The van der Waals surface area contributed by atoms with E-state index in [0.717, 1.165) is 19.0 Å². The number of likely N-dealkylation sites (N-methyl/N-ethyl adjacent to an activating group) is 1. The highest BCUT2D eigenvalue weighted by atomic mass is 15.1. The molecule has 1 aromatic rings. The normalized spacial score (nSPS) is 25.7. The number of nitrogens with zero attached hydrogens (tertiary/aromatic N) is 1. The van der Waals surface area contributed by atoms with Crippen molar-refractivity contribution in [1.29, 1.82) is 0 Å². The van der Waals surface area contributed by atoms with Crippen molar-refractivity contribution in [2.24, 2.45) is 0 Å². The van der Waals surface area contributed by atoms with Crippen LogP contribution in [0, 0.1) is 0 Å². The molecular formula is C14H20N2. The van der Waals surface area contributed by atoms with Crippen molar-refractivity contribution in [2.75, 3.05) is 26.7 Å². The highest BCUT2D eigenvalue weighted by Gasteiger charge is 2.22. The van der Waals surface area contributed by atoms with Crippen LogP contribution < -0.4 is 5.32 Å². The van der Waals surface area contributed by atoms with Crippen LogP contribution in [-0.4, -0.2) is 31.6 Å². The molecule has 1 N–H and O–H groups in total. The predicted molar refractivity (Wildman–Crippen MR) is 66.7 cm³/mol. The van der Waals surface area contributed by atoms with Gasteiger partial charge in [0.2, 0.25) is 0 Å². The van der Waals surface area contributed by atoms with E-state index in [-0.39, 0.29) is 0 Å². The van der Waals surface area contributed by atoms with Crippen molar-refractivity contribution in [2.45, 2.75) is 25.3 Å². The molecule has 1 unspecified atom stereocenters. The Morgan fingerprint density at radius 2 is 2.25 bits per heavy atom. The summed E-state index contributed by atoms with van der Waals surface area (Å²) in [4.78, 5) is 2.44. The molecule has 0 radical (unpaired) electrons. The van der Waals surface area contributed by atoms with Crippen LogP contribution in [0.4, 0.5) is 0 Å². The lowest BCUT2D eigenvalue weighted by Gasteiger charge is -2.19. The second kappa shape index (κ2) is 4.19. The first kappa shape index (κ1) is 10.3. The fourth-order valence-corrected chi connectivity index (χ4v) is 2.96. The quantitative estimate of drug-likeness (QED) is 0.769. The van der Waals surface area contributed by atoms with E-state index in [1.54, 1.807) is 11.1 Å². The summed E-state index contributed by atoms with van der Waals surface area (Å²) in [6.07, 6.45) is 2.53. The van der Waals surface area contributed by atoms with Crippen LogP contribution in [0.3, 0.4) is 0 Å². The number of likely N-dealkylation sites (tertiary alicyclic amines) is 1. The van der Waals surface area contributed by atoms with E-state index in [9.17, 15) is 0 Å². The van der Waals surface area contributed by atoms with Crippen molar-refractivity contribution in [3.63, 3.8) is 0 Å². The Kier molecular flexibility index (Phi) is 2.70. The Bertz CT molecular complexity index is 386. The maximum absolute atomic E-state index is 3.43. The molecule has 2 nitrogen and oxygen atoms in total. The van der Waals surface area contributed by atoms with Gasteiger partial charge in [-0.1, -0.05) is 18.2 Å². The topological polar surface area (TPSA) is 15.3 Å². The van der Waals surface area contributed by atoms with E-state index < -0.39 is 0 Å². The number of rotatable bonds is 1.